The van der Waals surface area contributed by atoms with Crippen LogP contribution >= 0.6 is 0 Å². The van der Waals surface area contributed by atoms with E-state index >= 15 is 0 Å². The molecule has 0 saturated heterocycles. The summed E-state index contributed by atoms with van der Waals surface area (Å²) in [4.78, 5) is 21.4. The number of hydrogen-bond acceptors (Lipinski definition) is 6. The van der Waals surface area contributed by atoms with Gasteiger partial charge in [0.25, 0.3) is 5.56 Å². The van der Waals surface area contributed by atoms with Crippen molar-refractivity contribution in [3.05, 3.63) is 34.5 Å². The minimum atomic E-state index is -0.189. The summed E-state index contributed by atoms with van der Waals surface area (Å²) < 4.78 is 4.94. The van der Waals surface area contributed by atoms with Crippen molar-refractivity contribution in [3.63, 3.8) is 0 Å². The molecule has 0 aliphatic heterocycles. The lowest BCUT2D eigenvalue weighted by atomic mass is 10.4. The Labute approximate surface area is 90.9 Å². The van der Waals surface area contributed by atoms with E-state index in [9.17, 15) is 4.79 Å². The lowest BCUT2D eigenvalue weighted by molar-refractivity contribution is 0.377. The number of aromatic nitrogens is 4. The Morgan fingerprint density at radius 3 is 3.12 bits per heavy atom. The summed E-state index contributed by atoms with van der Waals surface area (Å²) in [6.07, 6.45) is 1.94. The molecule has 0 aliphatic carbocycles. The number of anilines is 1. The van der Waals surface area contributed by atoms with E-state index in [0.717, 1.165) is 0 Å². The van der Waals surface area contributed by atoms with Gasteiger partial charge in [0.05, 0.1) is 6.33 Å². The van der Waals surface area contributed by atoms with Gasteiger partial charge in [0.1, 0.15) is 5.82 Å². The van der Waals surface area contributed by atoms with Crippen LogP contribution in [-0.2, 0) is 6.42 Å². The van der Waals surface area contributed by atoms with Crippen molar-refractivity contribution in [2.24, 2.45) is 0 Å². The van der Waals surface area contributed by atoms with E-state index in [1.165, 1.54) is 12.4 Å². The van der Waals surface area contributed by atoms with E-state index in [1.807, 2.05) is 0 Å². The molecule has 2 aromatic heterocycles. The van der Waals surface area contributed by atoms with Crippen molar-refractivity contribution in [2.75, 3.05) is 11.9 Å². The molecular formula is C9H11N5O2. The Balaban J connectivity index is 1.86. The first kappa shape index (κ1) is 10.3. The number of aromatic amines is 1. The van der Waals surface area contributed by atoms with Crippen LogP contribution in [0.4, 0.5) is 5.82 Å². The fourth-order valence-electron chi connectivity index (χ4n) is 1.20. The third-order valence-corrected chi connectivity index (χ3v) is 1.89. The van der Waals surface area contributed by atoms with Gasteiger partial charge >= 0.3 is 0 Å². The number of nitrogens with one attached hydrogen (secondary N) is 2. The van der Waals surface area contributed by atoms with Gasteiger partial charge in [-0.3, -0.25) is 4.79 Å². The largest absolute Gasteiger partial charge is 0.369 e. The molecule has 0 radical (unpaired) electrons. The Morgan fingerprint density at radius 2 is 2.44 bits per heavy atom. The van der Waals surface area contributed by atoms with Crippen LogP contribution in [0.25, 0.3) is 0 Å². The van der Waals surface area contributed by atoms with Gasteiger partial charge in [-0.15, -0.1) is 0 Å². The Morgan fingerprint density at radius 1 is 1.56 bits per heavy atom. The van der Waals surface area contributed by atoms with Gasteiger partial charge in [-0.2, -0.15) is 4.98 Å². The fraction of sp³-hybridized carbons (Fsp3) is 0.333. The lowest BCUT2D eigenvalue weighted by Gasteiger charge is -2.01. The van der Waals surface area contributed by atoms with Crippen LogP contribution in [0, 0.1) is 6.92 Å². The molecule has 2 heterocycles. The molecule has 0 spiro atoms. The average molecular weight is 221 g/mol. The third-order valence-electron chi connectivity index (χ3n) is 1.89. The Hall–Kier alpha value is -2.18. The summed E-state index contributed by atoms with van der Waals surface area (Å²) in [5, 5.41) is 6.66. The van der Waals surface area contributed by atoms with Crippen LogP contribution in [0.5, 0.6) is 0 Å². The van der Waals surface area contributed by atoms with Gasteiger partial charge < -0.3 is 14.8 Å². The van der Waals surface area contributed by atoms with Gasteiger partial charge in [0, 0.05) is 19.0 Å². The number of hydrogen-bond donors (Lipinski definition) is 2. The molecule has 0 atom stereocenters. The molecule has 7 nitrogen and oxygen atoms in total. The van der Waals surface area contributed by atoms with Crippen LogP contribution in [0.15, 0.2) is 21.7 Å². The molecule has 2 rings (SSSR count). The summed E-state index contributed by atoms with van der Waals surface area (Å²) in [6, 6.07) is 1.39. The SMILES string of the molecule is Cc1noc(CCNc2cc(=O)[nH]cn2)n1. The first-order valence-electron chi connectivity index (χ1n) is 4.82. The molecule has 2 N–H and O–H groups in total. The highest BCUT2D eigenvalue weighted by atomic mass is 16.5. The van der Waals surface area contributed by atoms with Crippen molar-refractivity contribution < 1.29 is 4.52 Å². The maximum absolute atomic E-state index is 11.0. The van der Waals surface area contributed by atoms with E-state index in [0.29, 0.717) is 30.5 Å². The molecule has 84 valence electrons. The second-order valence-corrected chi connectivity index (χ2v) is 3.21. The summed E-state index contributed by atoms with van der Waals surface area (Å²) in [7, 11) is 0. The van der Waals surface area contributed by atoms with Crippen molar-refractivity contribution in [2.45, 2.75) is 13.3 Å². The fourth-order valence-corrected chi connectivity index (χ4v) is 1.20. The zero-order valence-corrected chi connectivity index (χ0v) is 8.73. The normalized spacial score (nSPS) is 10.3. The van der Waals surface area contributed by atoms with Gasteiger partial charge in [-0.05, 0) is 6.92 Å². The second-order valence-electron chi connectivity index (χ2n) is 3.21. The highest BCUT2D eigenvalue weighted by Gasteiger charge is 2.02. The van der Waals surface area contributed by atoms with Crippen molar-refractivity contribution in [3.8, 4) is 0 Å². The van der Waals surface area contributed by atoms with Crippen molar-refractivity contribution in [1.82, 2.24) is 20.1 Å². The molecular weight excluding hydrogens is 210 g/mol. The Bertz CT molecular complexity index is 518. The van der Waals surface area contributed by atoms with Crippen LogP contribution in [0.2, 0.25) is 0 Å². The van der Waals surface area contributed by atoms with E-state index in [1.54, 1.807) is 6.92 Å². The van der Waals surface area contributed by atoms with Crippen LogP contribution in [0.1, 0.15) is 11.7 Å². The maximum atomic E-state index is 11.0. The van der Waals surface area contributed by atoms with Gasteiger partial charge in [0.15, 0.2) is 5.82 Å². The molecule has 0 bridgehead atoms. The van der Waals surface area contributed by atoms with E-state index in [4.69, 9.17) is 4.52 Å². The first-order chi connectivity index (χ1) is 7.74. The molecule has 0 amide bonds. The maximum Gasteiger partial charge on any atom is 0.252 e. The lowest BCUT2D eigenvalue weighted by Crippen LogP contribution is -2.11. The molecule has 0 unspecified atom stereocenters. The number of nitrogens with zero attached hydrogens (tertiary/aromatic N) is 3. The smallest absolute Gasteiger partial charge is 0.252 e. The van der Waals surface area contributed by atoms with Crippen molar-refractivity contribution >= 4 is 5.82 Å². The molecule has 0 saturated carbocycles. The highest BCUT2D eigenvalue weighted by molar-refractivity contribution is 5.31. The molecule has 0 fully saturated rings. The zero-order valence-electron chi connectivity index (χ0n) is 8.73. The first-order valence-corrected chi connectivity index (χ1v) is 4.82. The van der Waals surface area contributed by atoms with E-state index in [2.05, 4.69) is 25.4 Å². The summed E-state index contributed by atoms with van der Waals surface area (Å²) in [5.41, 5.74) is -0.189. The summed E-state index contributed by atoms with van der Waals surface area (Å²) >= 11 is 0. The molecule has 7 heteroatoms. The van der Waals surface area contributed by atoms with E-state index in [-0.39, 0.29) is 5.56 Å². The number of rotatable bonds is 4. The van der Waals surface area contributed by atoms with Gasteiger partial charge in [-0.25, -0.2) is 4.98 Å². The topological polar surface area (TPSA) is 96.7 Å². The standard InChI is InChI=1S/C9H11N5O2/c1-6-13-9(16-14-6)2-3-10-7-4-8(15)12-5-11-7/h4-5H,2-3H2,1H3,(H2,10,11,12,15). The quantitative estimate of drug-likeness (QED) is 0.760. The molecule has 0 aromatic carbocycles. The zero-order chi connectivity index (χ0) is 11.4. The number of aryl methyl sites for hydroxylation is 1. The van der Waals surface area contributed by atoms with Gasteiger partial charge in [0.2, 0.25) is 5.89 Å². The van der Waals surface area contributed by atoms with Gasteiger partial charge in [-0.1, -0.05) is 5.16 Å². The molecule has 0 aliphatic rings. The molecule has 2 aromatic rings. The predicted octanol–water partition coefficient (Wildman–Crippen LogP) is 0.116. The Kier molecular flexibility index (Phi) is 2.95. The van der Waals surface area contributed by atoms with E-state index < -0.39 is 0 Å². The average Bonchev–Trinajstić information content (AvgIpc) is 2.64. The third kappa shape index (κ3) is 2.66. The van der Waals surface area contributed by atoms with Crippen molar-refractivity contribution in [1.29, 1.82) is 0 Å². The minimum Gasteiger partial charge on any atom is -0.369 e. The van der Waals surface area contributed by atoms with Crippen LogP contribution in [0.3, 0.4) is 0 Å². The monoisotopic (exact) mass is 221 g/mol. The van der Waals surface area contributed by atoms with Crippen LogP contribution < -0.4 is 10.9 Å². The summed E-state index contributed by atoms with van der Waals surface area (Å²) in [5.74, 6) is 1.71. The molecule has 16 heavy (non-hydrogen) atoms. The minimum absolute atomic E-state index is 0.189. The predicted molar refractivity (Wildman–Crippen MR) is 56.1 cm³/mol. The highest BCUT2D eigenvalue weighted by Crippen LogP contribution is 1.99. The number of H-pyrrole nitrogens is 1. The second kappa shape index (κ2) is 4.56. The summed E-state index contributed by atoms with van der Waals surface area (Å²) in [6.45, 7) is 2.34. The van der Waals surface area contributed by atoms with Crippen LogP contribution in [-0.4, -0.2) is 26.7 Å².